The summed E-state index contributed by atoms with van der Waals surface area (Å²) in [5.74, 6) is 0.151. The van der Waals surface area contributed by atoms with Crippen LogP contribution in [0.1, 0.15) is 36.2 Å². The van der Waals surface area contributed by atoms with Crippen molar-refractivity contribution in [1.29, 1.82) is 0 Å². The van der Waals surface area contributed by atoms with E-state index in [1.807, 2.05) is 4.90 Å². The van der Waals surface area contributed by atoms with Crippen molar-refractivity contribution in [3.63, 3.8) is 0 Å². The van der Waals surface area contributed by atoms with Crippen molar-refractivity contribution in [2.24, 2.45) is 0 Å². The van der Waals surface area contributed by atoms with Crippen molar-refractivity contribution in [3.8, 4) is 0 Å². The lowest BCUT2D eigenvalue weighted by atomic mass is 9.94. The van der Waals surface area contributed by atoms with Gasteiger partial charge in [-0.05, 0) is 19.9 Å². The molecule has 0 N–H and O–H groups in total. The van der Waals surface area contributed by atoms with Crippen LogP contribution >= 0.6 is 0 Å². The lowest BCUT2D eigenvalue weighted by Crippen LogP contribution is -2.57. The van der Waals surface area contributed by atoms with Crippen molar-refractivity contribution >= 4 is 11.6 Å². The highest BCUT2D eigenvalue weighted by molar-refractivity contribution is 6.03. The molecule has 0 aliphatic carbocycles. The van der Waals surface area contributed by atoms with E-state index in [9.17, 15) is 18.0 Å². The third kappa shape index (κ3) is 2.58. The number of nitrogens with zero attached hydrogens (tertiary/aromatic N) is 3. The highest BCUT2D eigenvalue weighted by Crippen LogP contribution is 2.36. The number of fused-ring (bicyclic) bond motifs is 3. The van der Waals surface area contributed by atoms with E-state index in [0.29, 0.717) is 18.4 Å². The van der Waals surface area contributed by atoms with Crippen LogP contribution in [-0.4, -0.2) is 47.4 Å². The average Bonchev–Trinajstić information content (AvgIpc) is 2.45. The fourth-order valence-corrected chi connectivity index (χ4v) is 3.17. The number of piperazine rings is 1. The molecule has 0 bridgehead atoms. The predicted molar refractivity (Wildman–Crippen MR) is 76.0 cm³/mol. The van der Waals surface area contributed by atoms with Crippen molar-refractivity contribution in [2.75, 3.05) is 24.5 Å². The van der Waals surface area contributed by atoms with Gasteiger partial charge in [0.15, 0.2) is 5.78 Å². The Balaban J connectivity index is 1.93. The van der Waals surface area contributed by atoms with Crippen LogP contribution in [0.25, 0.3) is 0 Å². The average molecular weight is 313 g/mol. The van der Waals surface area contributed by atoms with Gasteiger partial charge in [-0.3, -0.25) is 9.69 Å². The maximum Gasteiger partial charge on any atom is 0.417 e. The zero-order chi connectivity index (χ0) is 16.1. The van der Waals surface area contributed by atoms with Gasteiger partial charge in [0.2, 0.25) is 0 Å². The summed E-state index contributed by atoms with van der Waals surface area (Å²) in [5.41, 5.74) is -0.761. The number of Topliss-reactive ketones (excluding diaryl/α,β-unsaturated/α-hetero) is 1. The number of hydrogen-bond acceptors (Lipinski definition) is 4. The zero-order valence-corrected chi connectivity index (χ0v) is 12.5. The minimum atomic E-state index is -4.48. The monoisotopic (exact) mass is 313 g/mol. The molecule has 1 saturated heterocycles. The first-order valence-electron chi connectivity index (χ1n) is 7.38. The SMILES string of the molecule is CC(C)N1CCN2c3ncc(C(F)(F)F)cc3C(=O)CC2C1. The molecule has 22 heavy (non-hydrogen) atoms. The molecule has 1 atom stereocenters. The van der Waals surface area contributed by atoms with Gasteiger partial charge in [0.25, 0.3) is 0 Å². The Bertz CT molecular complexity index is 600. The van der Waals surface area contributed by atoms with Crippen LogP contribution in [0.5, 0.6) is 0 Å². The summed E-state index contributed by atoms with van der Waals surface area (Å²) in [7, 11) is 0. The predicted octanol–water partition coefficient (Wildman–Crippen LogP) is 2.59. The Morgan fingerprint density at radius 2 is 2.05 bits per heavy atom. The molecule has 0 saturated carbocycles. The third-order valence-electron chi connectivity index (χ3n) is 4.43. The maximum absolute atomic E-state index is 12.8. The lowest BCUT2D eigenvalue weighted by Gasteiger charge is -2.46. The number of alkyl halides is 3. The highest BCUT2D eigenvalue weighted by Gasteiger charge is 2.39. The van der Waals surface area contributed by atoms with Crippen LogP contribution in [0, 0.1) is 0 Å². The normalized spacial score (nSPS) is 22.7. The molecular weight excluding hydrogens is 295 g/mol. The van der Waals surface area contributed by atoms with E-state index < -0.39 is 11.7 Å². The van der Waals surface area contributed by atoms with E-state index in [0.717, 1.165) is 25.4 Å². The van der Waals surface area contributed by atoms with E-state index in [1.54, 1.807) is 0 Å². The molecule has 0 spiro atoms. The Labute approximate surface area is 126 Å². The van der Waals surface area contributed by atoms with Gasteiger partial charge in [-0.15, -0.1) is 0 Å². The van der Waals surface area contributed by atoms with Crippen molar-refractivity contribution in [3.05, 3.63) is 23.4 Å². The van der Waals surface area contributed by atoms with Gasteiger partial charge >= 0.3 is 6.18 Å². The number of aromatic nitrogens is 1. The minimum absolute atomic E-state index is 0.000358. The van der Waals surface area contributed by atoms with Gasteiger partial charge < -0.3 is 4.90 Å². The second-order valence-corrected chi connectivity index (χ2v) is 6.16. The first-order chi connectivity index (χ1) is 10.3. The smallest absolute Gasteiger partial charge is 0.350 e. The molecule has 3 rings (SSSR count). The molecule has 2 aliphatic rings. The maximum atomic E-state index is 12.8. The minimum Gasteiger partial charge on any atom is -0.350 e. The number of anilines is 1. The quantitative estimate of drug-likeness (QED) is 0.798. The first-order valence-corrected chi connectivity index (χ1v) is 7.38. The molecule has 0 aromatic carbocycles. The molecule has 1 aromatic heterocycles. The molecule has 2 aliphatic heterocycles. The second kappa shape index (κ2) is 5.22. The van der Waals surface area contributed by atoms with Crippen LogP contribution in [0.3, 0.4) is 0 Å². The Hall–Kier alpha value is -1.63. The first kappa shape index (κ1) is 15.3. The number of carbonyl (C=O) groups excluding carboxylic acids is 1. The van der Waals surface area contributed by atoms with E-state index in [2.05, 4.69) is 23.7 Å². The number of ketones is 1. The van der Waals surface area contributed by atoms with Gasteiger partial charge in [0, 0.05) is 38.3 Å². The topological polar surface area (TPSA) is 36.4 Å². The Morgan fingerprint density at radius 1 is 1.32 bits per heavy atom. The molecule has 1 unspecified atom stereocenters. The number of rotatable bonds is 1. The summed E-state index contributed by atoms with van der Waals surface area (Å²) in [6.07, 6.45) is -3.40. The second-order valence-electron chi connectivity index (χ2n) is 6.16. The standard InChI is InChI=1S/C15H18F3N3O/c1-9(2)20-3-4-21-11(8-20)6-13(22)12-5-10(15(16,17)18)7-19-14(12)21/h5,7,9,11H,3-4,6,8H2,1-2H3. The Morgan fingerprint density at radius 3 is 2.68 bits per heavy atom. The summed E-state index contributed by atoms with van der Waals surface area (Å²) >= 11 is 0. The molecule has 0 amide bonds. The van der Waals surface area contributed by atoms with Crippen molar-refractivity contribution in [2.45, 2.75) is 38.5 Å². The van der Waals surface area contributed by atoms with Crippen LogP contribution in [0.4, 0.5) is 19.0 Å². The highest BCUT2D eigenvalue weighted by atomic mass is 19.4. The van der Waals surface area contributed by atoms with E-state index >= 15 is 0 Å². The van der Waals surface area contributed by atoms with Crippen molar-refractivity contribution in [1.82, 2.24) is 9.88 Å². The van der Waals surface area contributed by atoms with Gasteiger partial charge in [-0.1, -0.05) is 0 Å². The fourth-order valence-electron chi connectivity index (χ4n) is 3.17. The van der Waals surface area contributed by atoms with Crippen molar-refractivity contribution < 1.29 is 18.0 Å². The Kier molecular flexibility index (Phi) is 3.63. The van der Waals surface area contributed by atoms with Gasteiger partial charge in [0.05, 0.1) is 17.2 Å². The number of pyridine rings is 1. The van der Waals surface area contributed by atoms with Gasteiger partial charge in [-0.2, -0.15) is 13.2 Å². The van der Waals surface area contributed by atoms with Crippen LogP contribution in [-0.2, 0) is 6.18 Å². The molecule has 3 heterocycles. The summed E-state index contributed by atoms with van der Waals surface area (Å²) in [6.45, 7) is 6.45. The number of hydrogen-bond donors (Lipinski definition) is 0. The molecular formula is C15H18F3N3O. The zero-order valence-electron chi connectivity index (χ0n) is 12.5. The summed E-state index contributed by atoms with van der Waals surface area (Å²) in [4.78, 5) is 20.5. The summed E-state index contributed by atoms with van der Waals surface area (Å²) < 4.78 is 38.4. The van der Waals surface area contributed by atoms with Crippen LogP contribution in [0.15, 0.2) is 12.3 Å². The van der Waals surface area contributed by atoms with E-state index in [-0.39, 0.29) is 23.8 Å². The molecule has 4 nitrogen and oxygen atoms in total. The molecule has 7 heteroatoms. The van der Waals surface area contributed by atoms with E-state index in [1.165, 1.54) is 0 Å². The molecule has 0 radical (unpaired) electrons. The summed E-state index contributed by atoms with van der Waals surface area (Å²) in [6, 6.07) is 1.33. The molecule has 120 valence electrons. The molecule has 1 aromatic rings. The molecule has 1 fully saturated rings. The fraction of sp³-hybridized carbons (Fsp3) is 0.600. The third-order valence-corrected chi connectivity index (χ3v) is 4.43. The van der Waals surface area contributed by atoms with Crippen LogP contribution in [0.2, 0.25) is 0 Å². The largest absolute Gasteiger partial charge is 0.417 e. The van der Waals surface area contributed by atoms with E-state index in [4.69, 9.17) is 0 Å². The number of halogens is 3. The van der Waals surface area contributed by atoms with Crippen LogP contribution < -0.4 is 4.90 Å². The lowest BCUT2D eigenvalue weighted by molar-refractivity contribution is -0.137. The van der Waals surface area contributed by atoms with Gasteiger partial charge in [-0.25, -0.2) is 4.98 Å². The summed E-state index contributed by atoms with van der Waals surface area (Å²) in [5, 5.41) is 0. The van der Waals surface area contributed by atoms with Gasteiger partial charge in [0.1, 0.15) is 5.82 Å². The number of carbonyl (C=O) groups is 1.